The van der Waals surface area contributed by atoms with Crippen LogP contribution >= 0.6 is 10.5 Å². The Morgan fingerprint density at radius 1 is 0.938 bits per heavy atom. The zero-order chi connectivity index (χ0) is 22.3. The second kappa shape index (κ2) is 8.21. The van der Waals surface area contributed by atoms with Crippen molar-refractivity contribution < 1.29 is 18.7 Å². The first-order valence-corrected chi connectivity index (χ1v) is 12.3. The van der Waals surface area contributed by atoms with Crippen LogP contribution in [0.2, 0.25) is 0 Å². The predicted octanol–water partition coefficient (Wildman–Crippen LogP) is 7.76. The van der Waals surface area contributed by atoms with Crippen LogP contribution in [0.3, 0.4) is 0 Å². The van der Waals surface area contributed by atoms with Crippen LogP contribution in [0.15, 0.2) is 60.7 Å². The van der Waals surface area contributed by atoms with Gasteiger partial charge >= 0.3 is 5.97 Å². The van der Waals surface area contributed by atoms with Crippen molar-refractivity contribution in [1.29, 1.82) is 0 Å². The fourth-order valence-corrected chi connectivity index (χ4v) is 7.14. The van der Waals surface area contributed by atoms with Gasteiger partial charge in [-0.25, -0.2) is 9.18 Å². The Balaban J connectivity index is 1.66. The standard InChI is InChI=1S/C27H26FO3S/c1-27(14-6-3-7-15-27)31-23-17-19(11-12-22(23)28)32-24-9-5-4-8-20(24)21-16-18(26(29)30-2)10-13-25(21)32/h4-5,8-13,16-17H,3,6-7,14-15H2,1-2H3/q+1. The molecule has 32 heavy (non-hydrogen) atoms. The summed E-state index contributed by atoms with van der Waals surface area (Å²) in [5.74, 6) is -0.343. The zero-order valence-electron chi connectivity index (χ0n) is 18.3. The third kappa shape index (κ3) is 3.65. The van der Waals surface area contributed by atoms with Gasteiger partial charge in [-0.15, -0.1) is 0 Å². The topological polar surface area (TPSA) is 35.5 Å². The van der Waals surface area contributed by atoms with Gasteiger partial charge in [-0.1, -0.05) is 18.6 Å². The second-order valence-corrected chi connectivity index (χ2v) is 10.7. The van der Waals surface area contributed by atoms with Crippen molar-refractivity contribution in [1.82, 2.24) is 0 Å². The van der Waals surface area contributed by atoms with E-state index in [1.807, 2.05) is 36.4 Å². The summed E-state index contributed by atoms with van der Waals surface area (Å²) in [6, 6.07) is 19.2. The van der Waals surface area contributed by atoms with Crippen molar-refractivity contribution in [2.24, 2.45) is 0 Å². The molecular formula is C27H26FO3S+. The van der Waals surface area contributed by atoms with E-state index < -0.39 is 10.5 Å². The van der Waals surface area contributed by atoms with E-state index >= 15 is 0 Å². The Kier molecular flexibility index (Phi) is 5.38. The summed E-state index contributed by atoms with van der Waals surface area (Å²) in [4.78, 5) is 13.1. The normalized spacial score (nSPS) is 16.3. The second-order valence-electron chi connectivity index (χ2n) is 8.71. The van der Waals surface area contributed by atoms with E-state index in [0.717, 1.165) is 46.1 Å². The number of fused-ring (bicyclic) bond motifs is 3. The summed E-state index contributed by atoms with van der Waals surface area (Å²) in [7, 11) is 0.988. The average Bonchev–Trinajstić information content (AvgIpc) is 3.14. The van der Waals surface area contributed by atoms with Crippen molar-refractivity contribution >= 4 is 36.6 Å². The first-order chi connectivity index (χ1) is 15.5. The number of methoxy groups -OCH3 is 1. The maximum absolute atomic E-state index is 14.8. The van der Waals surface area contributed by atoms with Gasteiger partial charge in [0.25, 0.3) is 0 Å². The first kappa shape index (κ1) is 21.0. The first-order valence-electron chi connectivity index (χ1n) is 11.0. The maximum Gasteiger partial charge on any atom is 0.337 e. The minimum atomic E-state index is -0.401. The highest BCUT2D eigenvalue weighted by Crippen LogP contribution is 2.49. The number of benzene rings is 3. The van der Waals surface area contributed by atoms with Crippen LogP contribution in [-0.2, 0) is 4.74 Å². The monoisotopic (exact) mass is 449 g/mol. The third-order valence-corrected chi connectivity index (χ3v) is 8.74. The van der Waals surface area contributed by atoms with E-state index in [1.165, 1.54) is 24.3 Å². The number of hydrogen-bond donors (Lipinski definition) is 0. The van der Waals surface area contributed by atoms with Crippen molar-refractivity contribution in [2.75, 3.05) is 7.11 Å². The van der Waals surface area contributed by atoms with Gasteiger partial charge < -0.3 is 9.47 Å². The fraction of sp³-hybridized carbons (Fsp3) is 0.296. The van der Waals surface area contributed by atoms with E-state index in [2.05, 4.69) is 19.1 Å². The van der Waals surface area contributed by atoms with Gasteiger partial charge in [0, 0.05) is 33.4 Å². The summed E-state index contributed by atoms with van der Waals surface area (Å²) in [5.41, 5.74) is 0.210. The Hall–Kier alpha value is -2.92. The van der Waals surface area contributed by atoms with Crippen LogP contribution in [0, 0.1) is 5.82 Å². The van der Waals surface area contributed by atoms with Gasteiger partial charge in [-0.05, 0) is 69.0 Å². The number of carbonyl (C=O) groups excluding carboxylic acids is 1. The molecule has 0 radical (unpaired) electrons. The van der Waals surface area contributed by atoms with E-state index in [0.29, 0.717) is 11.3 Å². The number of carbonyl (C=O) groups is 1. The van der Waals surface area contributed by atoms with Gasteiger partial charge in [-0.2, -0.15) is 0 Å². The Morgan fingerprint density at radius 3 is 2.47 bits per heavy atom. The molecule has 1 atom stereocenters. The van der Waals surface area contributed by atoms with Crippen molar-refractivity contribution in [3.8, 4) is 10.6 Å². The molecule has 5 heteroatoms. The van der Waals surface area contributed by atoms with Gasteiger partial charge in [0.05, 0.1) is 12.7 Å². The number of rotatable bonds is 4. The molecule has 0 spiro atoms. The Labute approximate surface area is 189 Å². The summed E-state index contributed by atoms with van der Waals surface area (Å²) in [6.07, 6.45) is 5.34. The maximum atomic E-state index is 14.8. The van der Waals surface area contributed by atoms with Crippen molar-refractivity contribution in [2.45, 2.75) is 44.6 Å². The molecule has 0 aliphatic heterocycles. The summed E-state index contributed by atoms with van der Waals surface area (Å²) >= 11 is 0. The molecule has 0 N–H and O–H groups in total. The molecule has 1 aliphatic rings. The predicted molar refractivity (Wildman–Crippen MR) is 129 cm³/mol. The van der Waals surface area contributed by atoms with Gasteiger partial charge in [0.1, 0.15) is 5.60 Å². The molecule has 0 saturated heterocycles. The van der Waals surface area contributed by atoms with Crippen LogP contribution in [0.1, 0.15) is 49.4 Å². The fourth-order valence-electron chi connectivity index (χ4n) is 4.76. The molecule has 1 unspecified atom stereocenters. The number of esters is 1. The molecular weight excluding hydrogens is 423 g/mol. The molecule has 0 bridgehead atoms. The SMILES string of the molecule is COC(=O)c1ccc2c(c1)c1ccccc1[s+]2-c1ccc(F)c(OC2(C)CCCCC2)c1. The Bertz CT molecular complexity index is 1320. The molecule has 4 aromatic rings. The minimum absolute atomic E-state index is 0.318. The lowest BCUT2D eigenvalue weighted by atomic mass is 9.86. The molecule has 164 valence electrons. The van der Waals surface area contributed by atoms with Crippen LogP contribution in [0.25, 0.3) is 25.1 Å². The molecule has 1 aromatic heterocycles. The van der Waals surface area contributed by atoms with Crippen LogP contribution < -0.4 is 4.74 Å². The van der Waals surface area contributed by atoms with Crippen LogP contribution in [0.4, 0.5) is 4.39 Å². The summed E-state index contributed by atoms with van der Waals surface area (Å²) < 4.78 is 28.3. The molecule has 1 aliphatic carbocycles. The zero-order valence-corrected chi connectivity index (χ0v) is 19.1. The van der Waals surface area contributed by atoms with Crippen LogP contribution in [-0.4, -0.2) is 18.7 Å². The molecule has 1 heterocycles. The average molecular weight is 450 g/mol. The lowest BCUT2D eigenvalue weighted by Gasteiger charge is -2.34. The molecule has 3 nitrogen and oxygen atoms in total. The van der Waals surface area contributed by atoms with E-state index in [-0.39, 0.29) is 17.4 Å². The number of thiophene rings is 1. The van der Waals surface area contributed by atoms with Crippen molar-refractivity contribution in [3.63, 3.8) is 0 Å². The quantitative estimate of drug-likeness (QED) is 0.236. The molecule has 3 aromatic carbocycles. The Morgan fingerprint density at radius 2 is 1.69 bits per heavy atom. The molecule has 1 saturated carbocycles. The summed E-state index contributed by atoms with van der Waals surface area (Å²) in [6.45, 7) is 2.09. The highest BCUT2D eigenvalue weighted by Gasteiger charge is 2.31. The number of hydrogen-bond acceptors (Lipinski definition) is 3. The van der Waals surface area contributed by atoms with Gasteiger partial charge in [0.2, 0.25) is 0 Å². The number of ether oxygens (including phenoxy) is 2. The highest BCUT2D eigenvalue weighted by atomic mass is 32.2. The largest absolute Gasteiger partial charge is 0.484 e. The van der Waals surface area contributed by atoms with Gasteiger partial charge in [-0.3, -0.25) is 0 Å². The summed E-state index contributed by atoms with van der Waals surface area (Å²) in [5, 5.41) is 2.13. The van der Waals surface area contributed by atoms with Gasteiger partial charge in [0.15, 0.2) is 25.9 Å². The van der Waals surface area contributed by atoms with Crippen LogP contribution in [0.5, 0.6) is 5.75 Å². The molecule has 1 fully saturated rings. The number of halogens is 1. The minimum Gasteiger partial charge on any atom is -0.484 e. The lowest BCUT2D eigenvalue weighted by Crippen LogP contribution is -2.34. The third-order valence-electron chi connectivity index (χ3n) is 6.42. The molecule has 5 rings (SSSR count). The van der Waals surface area contributed by atoms with Crippen molar-refractivity contribution in [3.05, 3.63) is 72.0 Å². The van der Waals surface area contributed by atoms with E-state index in [9.17, 15) is 9.18 Å². The highest BCUT2D eigenvalue weighted by molar-refractivity contribution is 7.50. The smallest absolute Gasteiger partial charge is 0.337 e. The van der Waals surface area contributed by atoms with E-state index in [4.69, 9.17) is 9.47 Å². The lowest BCUT2D eigenvalue weighted by molar-refractivity contribution is 0.0448. The molecule has 0 amide bonds. The van der Waals surface area contributed by atoms with E-state index in [1.54, 1.807) is 6.07 Å².